The molecule has 1 N–H and O–H groups in total. The van der Waals surface area contributed by atoms with Crippen LogP contribution < -0.4 is 4.72 Å². The molecule has 0 radical (unpaired) electrons. The summed E-state index contributed by atoms with van der Waals surface area (Å²) in [5.74, 6) is -0.513. The maximum Gasteiger partial charge on any atom is 0.253 e. The summed E-state index contributed by atoms with van der Waals surface area (Å²) in [6.45, 7) is 1.46. The second kappa shape index (κ2) is 7.97. The number of carbonyl (C=O) groups excluding carboxylic acids is 1. The SMILES string of the molecule is O=C(c1cccc(S(=O)(=O)NCc2ccc(F)cc2)c1)N1CCCCC1. The number of carbonyl (C=O) groups is 1. The fourth-order valence-corrected chi connectivity index (χ4v) is 4.00. The van der Waals surface area contributed by atoms with Gasteiger partial charge in [0.2, 0.25) is 10.0 Å². The topological polar surface area (TPSA) is 66.5 Å². The monoisotopic (exact) mass is 376 g/mol. The predicted octanol–water partition coefficient (Wildman–Crippen LogP) is 2.93. The molecule has 3 rings (SSSR count). The Morgan fingerprint density at radius 2 is 1.73 bits per heavy atom. The van der Waals surface area contributed by atoms with Gasteiger partial charge in [-0.3, -0.25) is 4.79 Å². The number of rotatable bonds is 5. The van der Waals surface area contributed by atoms with Crippen molar-refractivity contribution in [2.45, 2.75) is 30.7 Å². The van der Waals surface area contributed by atoms with Crippen LogP contribution in [-0.4, -0.2) is 32.3 Å². The molecule has 0 aromatic heterocycles. The number of sulfonamides is 1. The highest BCUT2D eigenvalue weighted by Crippen LogP contribution is 2.17. The minimum atomic E-state index is -3.77. The van der Waals surface area contributed by atoms with Crippen molar-refractivity contribution in [1.82, 2.24) is 9.62 Å². The molecule has 2 aromatic rings. The zero-order chi connectivity index (χ0) is 18.6. The first kappa shape index (κ1) is 18.5. The van der Waals surface area contributed by atoms with Gasteiger partial charge in [-0.05, 0) is 55.2 Å². The number of benzene rings is 2. The molecule has 1 saturated heterocycles. The Hall–Kier alpha value is -2.25. The van der Waals surface area contributed by atoms with Gasteiger partial charge in [-0.2, -0.15) is 0 Å². The summed E-state index contributed by atoms with van der Waals surface area (Å²) in [6, 6.07) is 11.7. The number of hydrogen-bond acceptors (Lipinski definition) is 3. The van der Waals surface area contributed by atoms with Crippen LogP contribution >= 0.6 is 0 Å². The number of likely N-dealkylation sites (tertiary alicyclic amines) is 1. The van der Waals surface area contributed by atoms with Gasteiger partial charge < -0.3 is 4.90 Å². The van der Waals surface area contributed by atoms with Crippen molar-refractivity contribution in [3.05, 3.63) is 65.5 Å². The number of amides is 1. The lowest BCUT2D eigenvalue weighted by Crippen LogP contribution is -2.35. The average Bonchev–Trinajstić information content (AvgIpc) is 2.68. The van der Waals surface area contributed by atoms with Gasteiger partial charge in [0.05, 0.1) is 4.90 Å². The fourth-order valence-electron chi connectivity index (χ4n) is 2.94. The van der Waals surface area contributed by atoms with Crippen molar-refractivity contribution in [1.29, 1.82) is 0 Å². The molecular formula is C19H21FN2O3S. The van der Waals surface area contributed by atoms with Gasteiger partial charge >= 0.3 is 0 Å². The van der Waals surface area contributed by atoms with Crippen LogP contribution in [0.5, 0.6) is 0 Å². The molecule has 1 aliphatic heterocycles. The number of piperidine rings is 1. The second-order valence-electron chi connectivity index (χ2n) is 6.33. The highest BCUT2D eigenvalue weighted by Gasteiger charge is 2.21. The molecule has 0 aliphatic carbocycles. The third-order valence-electron chi connectivity index (χ3n) is 4.41. The zero-order valence-corrected chi connectivity index (χ0v) is 15.1. The van der Waals surface area contributed by atoms with Crippen molar-refractivity contribution < 1.29 is 17.6 Å². The lowest BCUT2D eigenvalue weighted by Gasteiger charge is -2.26. The number of hydrogen-bond donors (Lipinski definition) is 1. The molecule has 0 unspecified atom stereocenters. The molecular weight excluding hydrogens is 355 g/mol. The summed E-state index contributed by atoms with van der Waals surface area (Å²) in [5.41, 5.74) is 1.02. The standard InChI is InChI=1S/C19H21FN2O3S/c20-17-9-7-15(8-10-17)14-21-26(24,25)18-6-4-5-16(13-18)19(23)22-11-2-1-3-12-22/h4-10,13,21H,1-3,11-12,14H2. The molecule has 2 aromatic carbocycles. The number of nitrogens with one attached hydrogen (secondary N) is 1. The first-order valence-corrected chi connectivity index (χ1v) is 10.1. The van der Waals surface area contributed by atoms with Crippen molar-refractivity contribution >= 4 is 15.9 Å². The maximum absolute atomic E-state index is 12.9. The van der Waals surface area contributed by atoms with E-state index in [4.69, 9.17) is 0 Å². The zero-order valence-electron chi connectivity index (χ0n) is 14.3. The van der Waals surface area contributed by atoms with Gasteiger partial charge in [-0.1, -0.05) is 18.2 Å². The van der Waals surface area contributed by atoms with E-state index in [-0.39, 0.29) is 23.2 Å². The van der Waals surface area contributed by atoms with Crippen molar-refractivity contribution in [2.24, 2.45) is 0 Å². The van der Waals surface area contributed by atoms with E-state index in [2.05, 4.69) is 4.72 Å². The smallest absolute Gasteiger partial charge is 0.253 e. The van der Waals surface area contributed by atoms with Gasteiger partial charge in [0.25, 0.3) is 5.91 Å². The summed E-state index contributed by atoms with van der Waals surface area (Å²) >= 11 is 0. The van der Waals surface area contributed by atoms with Gasteiger partial charge in [0.1, 0.15) is 5.82 Å². The number of nitrogens with zero attached hydrogens (tertiary/aromatic N) is 1. The molecule has 26 heavy (non-hydrogen) atoms. The first-order valence-electron chi connectivity index (χ1n) is 8.59. The van der Waals surface area contributed by atoms with Crippen LogP contribution in [0.2, 0.25) is 0 Å². The van der Waals surface area contributed by atoms with E-state index in [0.717, 1.165) is 19.3 Å². The normalized spacial score (nSPS) is 15.0. The van der Waals surface area contributed by atoms with Crippen LogP contribution in [0, 0.1) is 5.82 Å². The lowest BCUT2D eigenvalue weighted by molar-refractivity contribution is 0.0724. The molecule has 1 aliphatic rings. The van der Waals surface area contributed by atoms with Crippen LogP contribution in [-0.2, 0) is 16.6 Å². The van der Waals surface area contributed by atoms with E-state index in [1.807, 2.05) is 0 Å². The largest absolute Gasteiger partial charge is 0.339 e. The summed E-state index contributed by atoms with van der Waals surface area (Å²) in [7, 11) is -3.77. The molecule has 0 atom stereocenters. The van der Waals surface area contributed by atoms with E-state index < -0.39 is 10.0 Å². The summed E-state index contributed by atoms with van der Waals surface area (Å²) in [6.07, 6.45) is 3.07. The Labute approximate surface area is 152 Å². The van der Waals surface area contributed by atoms with Gasteiger partial charge in [0, 0.05) is 25.2 Å². The highest BCUT2D eigenvalue weighted by molar-refractivity contribution is 7.89. The van der Waals surface area contributed by atoms with Crippen LogP contribution in [0.15, 0.2) is 53.4 Å². The quantitative estimate of drug-likeness (QED) is 0.873. The first-order chi connectivity index (χ1) is 12.5. The van der Waals surface area contributed by atoms with Crippen LogP contribution in [0.25, 0.3) is 0 Å². The van der Waals surface area contributed by atoms with Gasteiger partial charge in [-0.25, -0.2) is 17.5 Å². The predicted molar refractivity (Wildman–Crippen MR) is 96.6 cm³/mol. The fraction of sp³-hybridized carbons (Fsp3) is 0.316. The minimum absolute atomic E-state index is 0.0440. The molecule has 0 spiro atoms. The second-order valence-corrected chi connectivity index (χ2v) is 8.10. The Bertz CT molecular complexity index is 876. The molecule has 1 amide bonds. The Kier molecular flexibility index (Phi) is 5.68. The van der Waals surface area contributed by atoms with Crippen LogP contribution in [0.1, 0.15) is 35.2 Å². The van der Waals surface area contributed by atoms with Crippen molar-refractivity contribution in [3.63, 3.8) is 0 Å². The summed E-state index contributed by atoms with van der Waals surface area (Å²) in [4.78, 5) is 14.4. The van der Waals surface area contributed by atoms with Crippen LogP contribution in [0.4, 0.5) is 4.39 Å². The molecule has 7 heteroatoms. The Morgan fingerprint density at radius 1 is 1.04 bits per heavy atom. The Balaban J connectivity index is 1.73. The van der Waals surface area contributed by atoms with E-state index in [9.17, 15) is 17.6 Å². The van der Waals surface area contributed by atoms with Crippen LogP contribution in [0.3, 0.4) is 0 Å². The maximum atomic E-state index is 12.9. The van der Waals surface area contributed by atoms with E-state index in [0.29, 0.717) is 24.2 Å². The molecule has 138 valence electrons. The highest BCUT2D eigenvalue weighted by atomic mass is 32.2. The minimum Gasteiger partial charge on any atom is -0.339 e. The van der Waals surface area contributed by atoms with E-state index in [1.165, 1.54) is 36.4 Å². The molecule has 5 nitrogen and oxygen atoms in total. The van der Waals surface area contributed by atoms with E-state index in [1.54, 1.807) is 17.0 Å². The van der Waals surface area contributed by atoms with Gasteiger partial charge in [-0.15, -0.1) is 0 Å². The third kappa shape index (κ3) is 4.47. The Morgan fingerprint density at radius 3 is 2.42 bits per heavy atom. The van der Waals surface area contributed by atoms with Crippen molar-refractivity contribution in [3.8, 4) is 0 Å². The molecule has 1 heterocycles. The third-order valence-corrected chi connectivity index (χ3v) is 5.81. The molecule has 1 fully saturated rings. The van der Waals surface area contributed by atoms with E-state index >= 15 is 0 Å². The summed E-state index contributed by atoms with van der Waals surface area (Å²) in [5, 5.41) is 0. The van der Waals surface area contributed by atoms with Gasteiger partial charge in [0.15, 0.2) is 0 Å². The summed E-state index contributed by atoms with van der Waals surface area (Å²) < 4.78 is 40.4. The molecule has 0 saturated carbocycles. The van der Waals surface area contributed by atoms with Crippen molar-refractivity contribution in [2.75, 3.05) is 13.1 Å². The lowest BCUT2D eigenvalue weighted by atomic mass is 10.1. The number of halogens is 1. The molecule has 0 bridgehead atoms. The average molecular weight is 376 g/mol.